The molecule has 0 heterocycles. The molecule has 1 amide bonds. The van der Waals surface area contributed by atoms with Gasteiger partial charge in [-0.2, -0.15) is 5.26 Å². The summed E-state index contributed by atoms with van der Waals surface area (Å²) < 4.78 is 0. The average molecular weight is 314 g/mol. The van der Waals surface area contributed by atoms with Crippen LogP contribution in [0.5, 0.6) is 0 Å². The molecule has 5 heteroatoms. The Morgan fingerprint density at radius 3 is 2.43 bits per heavy atom. The summed E-state index contributed by atoms with van der Waals surface area (Å²) in [5.74, 6) is -1.24. The molecule has 0 aromatic heterocycles. The van der Waals surface area contributed by atoms with E-state index in [1.165, 1.54) is 6.08 Å². The van der Waals surface area contributed by atoms with Gasteiger partial charge >= 0.3 is 5.97 Å². The molecule has 0 saturated heterocycles. The van der Waals surface area contributed by atoms with Crippen molar-refractivity contribution in [3.05, 3.63) is 35.4 Å². The van der Waals surface area contributed by atoms with Gasteiger partial charge in [-0.15, -0.1) is 0 Å². The van der Waals surface area contributed by atoms with Crippen molar-refractivity contribution in [2.45, 2.75) is 39.5 Å². The van der Waals surface area contributed by atoms with E-state index in [9.17, 15) is 9.59 Å². The normalized spacial score (nSPS) is 12.3. The number of hydrogen-bond donors (Lipinski definition) is 2. The van der Waals surface area contributed by atoms with Gasteiger partial charge in [0.2, 0.25) is 5.91 Å². The number of amides is 1. The first-order valence-electron chi connectivity index (χ1n) is 7.77. The van der Waals surface area contributed by atoms with Crippen LogP contribution in [0.25, 0.3) is 6.08 Å². The van der Waals surface area contributed by atoms with Gasteiger partial charge in [-0.05, 0) is 36.6 Å². The zero-order valence-electron chi connectivity index (χ0n) is 13.5. The minimum atomic E-state index is -1.26. The van der Waals surface area contributed by atoms with E-state index in [4.69, 9.17) is 10.4 Å². The molecule has 2 N–H and O–H groups in total. The molecule has 0 fully saturated rings. The summed E-state index contributed by atoms with van der Waals surface area (Å²) in [6.07, 6.45) is 5.07. The maximum Gasteiger partial charge on any atom is 0.346 e. The van der Waals surface area contributed by atoms with Crippen LogP contribution in [0, 0.1) is 17.2 Å². The molecule has 0 spiro atoms. The van der Waals surface area contributed by atoms with Gasteiger partial charge < -0.3 is 10.4 Å². The average Bonchev–Trinajstić information content (AvgIpc) is 2.54. The fourth-order valence-corrected chi connectivity index (χ4v) is 2.19. The molecule has 0 aliphatic rings. The fourth-order valence-electron chi connectivity index (χ4n) is 2.19. The number of unbranched alkanes of at least 4 members (excludes halogenated alkanes) is 1. The van der Waals surface area contributed by atoms with Gasteiger partial charge in [-0.3, -0.25) is 4.79 Å². The Kier molecular flexibility index (Phi) is 7.55. The molecule has 1 atom stereocenters. The van der Waals surface area contributed by atoms with E-state index in [0.29, 0.717) is 11.3 Å². The van der Waals surface area contributed by atoms with Crippen LogP contribution in [0.15, 0.2) is 29.8 Å². The summed E-state index contributed by atoms with van der Waals surface area (Å²) >= 11 is 0. The summed E-state index contributed by atoms with van der Waals surface area (Å²) in [4.78, 5) is 23.0. The lowest BCUT2D eigenvalue weighted by Crippen LogP contribution is -2.22. The van der Waals surface area contributed by atoms with Gasteiger partial charge in [-0.25, -0.2) is 4.79 Å². The summed E-state index contributed by atoms with van der Waals surface area (Å²) in [6.45, 7) is 4.10. The summed E-state index contributed by atoms with van der Waals surface area (Å²) in [7, 11) is 0. The maximum absolute atomic E-state index is 12.2. The van der Waals surface area contributed by atoms with Crippen molar-refractivity contribution in [1.82, 2.24) is 0 Å². The number of aliphatic carboxylic acids is 1. The number of carboxylic acids is 1. The summed E-state index contributed by atoms with van der Waals surface area (Å²) in [5.41, 5.74) is 0.934. The molecular weight excluding hydrogens is 292 g/mol. The van der Waals surface area contributed by atoms with Crippen LogP contribution in [-0.2, 0) is 9.59 Å². The Hall–Kier alpha value is -2.61. The monoisotopic (exact) mass is 314 g/mol. The van der Waals surface area contributed by atoms with Gasteiger partial charge in [0, 0.05) is 11.6 Å². The maximum atomic E-state index is 12.2. The lowest BCUT2D eigenvalue weighted by atomic mass is 9.98. The molecule has 0 aliphatic carbocycles. The number of anilines is 1. The topological polar surface area (TPSA) is 90.2 Å². The Morgan fingerprint density at radius 2 is 1.96 bits per heavy atom. The van der Waals surface area contributed by atoms with Crippen LogP contribution in [0.3, 0.4) is 0 Å². The predicted molar refractivity (Wildman–Crippen MR) is 89.6 cm³/mol. The number of carbonyl (C=O) groups excluding carboxylic acids is 1. The molecule has 1 aromatic rings. The molecule has 5 nitrogen and oxygen atoms in total. The second-order valence-electron chi connectivity index (χ2n) is 5.33. The molecule has 1 rings (SSSR count). The highest BCUT2D eigenvalue weighted by molar-refractivity contribution is 5.96. The molecule has 122 valence electrons. The first kappa shape index (κ1) is 18.4. The second-order valence-corrected chi connectivity index (χ2v) is 5.33. The van der Waals surface area contributed by atoms with E-state index >= 15 is 0 Å². The zero-order chi connectivity index (χ0) is 17.2. The first-order chi connectivity index (χ1) is 11.0. The van der Waals surface area contributed by atoms with Crippen LogP contribution >= 0.6 is 0 Å². The quantitative estimate of drug-likeness (QED) is 0.563. The number of benzene rings is 1. The first-order valence-corrected chi connectivity index (χ1v) is 7.77. The molecule has 1 unspecified atom stereocenters. The van der Waals surface area contributed by atoms with E-state index in [1.54, 1.807) is 30.3 Å². The number of carbonyl (C=O) groups is 2. The van der Waals surface area contributed by atoms with Gasteiger partial charge in [0.05, 0.1) is 0 Å². The van der Waals surface area contributed by atoms with Crippen molar-refractivity contribution in [1.29, 1.82) is 5.26 Å². The highest BCUT2D eigenvalue weighted by atomic mass is 16.4. The van der Waals surface area contributed by atoms with Gasteiger partial charge in [-0.1, -0.05) is 38.8 Å². The third-order valence-electron chi connectivity index (χ3n) is 3.61. The SMILES string of the molecule is CCCCC(CC)C(=O)Nc1ccc(C=C(C#N)C(=O)O)cc1. The summed E-state index contributed by atoms with van der Waals surface area (Å²) in [5, 5.41) is 20.4. The van der Waals surface area contributed by atoms with Crippen molar-refractivity contribution in [2.24, 2.45) is 5.92 Å². The highest BCUT2D eigenvalue weighted by Gasteiger charge is 2.15. The Labute approximate surface area is 136 Å². The van der Waals surface area contributed by atoms with Crippen LogP contribution in [-0.4, -0.2) is 17.0 Å². The van der Waals surface area contributed by atoms with Crippen molar-refractivity contribution in [3.63, 3.8) is 0 Å². The van der Waals surface area contributed by atoms with E-state index in [0.717, 1.165) is 25.7 Å². The minimum Gasteiger partial charge on any atom is -0.477 e. The number of nitrogens with zero attached hydrogens (tertiary/aromatic N) is 1. The third kappa shape index (κ3) is 5.95. The molecule has 23 heavy (non-hydrogen) atoms. The molecule has 1 aromatic carbocycles. The Morgan fingerprint density at radius 1 is 1.30 bits per heavy atom. The smallest absolute Gasteiger partial charge is 0.346 e. The number of hydrogen-bond acceptors (Lipinski definition) is 3. The third-order valence-corrected chi connectivity index (χ3v) is 3.61. The zero-order valence-corrected chi connectivity index (χ0v) is 13.5. The fraction of sp³-hybridized carbons (Fsp3) is 0.389. The van der Waals surface area contributed by atoms with Crippen LogP contribution < -0.4 is 5.32 Å². The van der Waals surface area contributed by atoms with Gasteiger partial charge in [0.25, 0.3) is 0 Å². The number of nitriles is 1. The molecule has 0 radical (unpaired) electrons. The van der Waals surface area contributed by atoms with Crippen molar-refractivity contribution in [3.8, 4) is 6.07 Å². The van der Waals surface area contributed by atoms with Crippen LogP contribution in [0.2, 0.25) is 0 Å². The van der Waals surface area contributed by atoms with Crippen molar-refractivity contribution in [2.75, 3.05) is 5.32 Å². The lowest BCUT2D eigenvalue weighted by molar-refractivity contribution is -0.132. The lowest BCUT2D eigenvalue weighted by Gasteiger charge is -2.14. The van der Waals surface area contributed by atoms with Crippen molar-refractivity contribution < 1.29 is 14.7 Å². The number of carboxylic acid groups (broad SMARTS) is 1. The predicted octanol–water partition coefficient (Wildman–Crippen LogP) is 3.83. The van der Waals surface area contributed by atoms with E-state index < -0.39 is 5.97 Å². The molecule has 0 saturated carbocycles. The highest BCUT2D eigenvalue weighted by Crippen LogP contribution is 2.17. The largest absolute Gasteiger partial charge is 0.477 e. The second kappa shape index (κ2) is 9.42. The van der Waals surface area contributed by atoms with Crippen molar-refractivity contribution >= 4 is 23.6 Å². The van der Waals surface area contributed by atoms with Gasteiger partial charge in [0.1, 0.15) is 11.6 Å². The Bertz CT molecular complexity index is 612. The molecular formula is C18H22N2O3. The van der Waals surface area contributed by atoms with E-state index in [1.807, 2.05) is 6.92 Å². The summed E-state index contributed by atoms with van der Waals surface area (Å²) in [6, 6.07) is 8.37. The Balaban J connectivity index is 2.75. The molecule has 0 aliphatic heterocycles. The van der Waals surface area contributed by atoms with E-state index in [2.05, 4.69) is 12.2 Å². The standard InChI is InChI=1S/C18H22N2O3/c1-3-5-6-14(4-2)17(21)20-16-9-7-13(8-10-16)11-15(12-19)18(22)23/h7-11,14H,3-6H2,1-2H3,(H,20,21)(H,22,23). The van der Waals surface area contributed by atoms with E-state index in [-0.39, 0.29) is 17.4 Å². The van der Waals surface area contributed by atoms with Crippen LogP contribution in [0.4, 0.5) is 5.69 Å². The molecule has 0 bridgehead atoms. The number of nitrogens with one attached hydrogen (secondary N) is 1. The number of rotatable bonds is 8. The van der Waals surface area contributed by atoms with Crippen LogP contribution in [0.1, 0.15) is 45.1 Å². The minimum absolute atomic E-state index is 0.00623. The van der Waals surface area contributed by atoms with Gasteiger partial charge in [0.15, 0.2) is 0 Å².